The summed E-state index contributed by atoms with van der Waals surface area (Å²) in [5.41, 5.74) is 2.12. The molecule has 0 bridgehead atoms. The second-order valence-electron chi connectivity index (χ2n) is 6.15. The summed E-state index contributed by atoms with van der Waals surface area (Å²) < 4.78 is 31.8. The van der Waals surface area contributed by atoms with Gasteiger partial charge in [0.05, 0.1) is 25.8 Å². The van der Waals surface area contributed by atoms with Crippen molar-refractivity contribution in [3.05, 3.63) is 69.8 Å². The highest BCUT2D eigenvalue weighted by atomic mass is 79.9. The van der Waals surface area contributed by atoms with Gasteiger partial charge in [0.2, 0.25) is 0 Å². The van der Waals surface area contributed by atoms with Crippen molar-refractivity contribution < 1.29 is 18.6 Å². The maximum Gasteiger partial charge on any atom is 0.168 e. The molecule has 29 heavy (non-hydrogen) atoms. The normalized spacial score (nSPS) is 10.5. The Bertz CT molecular complexity index is 1000. The summed E-state index contributed by atoms with van der Waals surface area (Å²) in [5.74, 6) is 1.73. The number of hydrogen-bond acceptors (Lipinski definition) is 6. The second kappa shape index (κ2) is 9.56. The number of aromatic nitrogens is 2. The first-order chi connectivity index (χ1) is 14.1. The molecule has 0 saturated heterocycles. The van der Waals surface area contributed by atoms with E-state index in [1.54, 1.807) is 52.1 Å². The van der Waals surface area contributed by atoms with E-state index >= 15 is 4.39 Å². The Morgan fingerprint density at radius 3 is 2.55 bits per heavy atom. The van der Waals surface area contributed by atoms with Crippen LogP contribution in [0.2, 0.25) is 0 Å². The third kappa shape index (κ3) is 4.76. The van der Waals surface area contributed by atoms with Crippen molar-refractivity contribution in [3.8, 4) is 17.2 Å². The first kappa shape index (κ1) is 20.9. The summed E-state index contributed by atoms with van der Waals surface area (Å²) in [5, 5.41) is 3.04. The van der Waals surface area contributed by atoms with Crippen molar-refractivity contribution in [2.75, 3.05) is 26.6 Å². The standard InChI is InChI=1S/C21H21BrFN3O3/c1-27-16-5-4-14(18(9-16)28-2)11-26-21-19(23)13(6-7-25-21)8-15-10-24-12-17(22)20(15)29-3/h4-7,9-10,12H,8,11H2,1-3H3,(H,25,26). The molecular formula is C21H21BrFN3O3. The molecule has 0 aliphatic heterocycles. The molecule has 0 amide bonds. The van der Waals surface area contributed by atoms with E-state index in [1.807, 2.05) is 12.1 Å². The monoisotopic (exact) mass is 461 g/mol. The van der Waals surface area contributed by atoms with Gasteiger partial charge >= 0.3 is 0 Å². The number of pyridine rings is 2. The number of anilines is 1. The van der Waals surface area contributed by atoms with Gasteiger partial charge in [-0.1, -0.05) is 0 Å². The zero-order valence-electron chi connectivity index (χ0n) is 16.3. The maximum atomic E-state index is 15.0. The van der Waals surface area contributed by atoms with E-state index in [4.69, 9.17) is 14.2 Å². The third-order valence-corrected chi connectivity index (χ3v) is 4.99. The van der Waals surface area contributed by atoms with Crippen LogP contribution >= 0.6 is 15.9 Å². The van der Waals surface area contributed by atoms with Gasteiger partial charge in [-0.25, -0.2) is 9.37 Å². The van der Waals surface area contributed by atoms with Crippen LogP contribution in [-0.4, -0.2) is 31.3 Å². The Morgan fingerprint density at radius 2 is 1.83 bits per heavy atom. The Labute approximate surface area is 177 Å². The fourth-order valence-corrected chi connectivity index (χ4v) is 3.48. The van der Waals surface area contributed by atoms with Gasteiger partial charge in [0.25, 0.3) is 0 Å². The van der Waals surface area contributed by atoms with Gasteiger partial charge in [-0.3, -0.25) is 4.98 Å². The zero-order valence-corrected chi connectivity index (χ0v) is 17.9. The van der Waals surface area contributed by atoms with E-state index in [2.05, 4.69) is 31.2 Å². The Balaban J connectivity index is 1.80. The lowest BCUT2D eigenvalue weighted by Gasteiger charge is -2.14. The maximum absolute atomic E-state index is 15.0. The van der Waals surface area contributed by atoms with Crippen LogP contribution in [0.1, 0.15) is 16.7 Å². The first-order valence-electron chi connectivity index (χ1n) is 8.81. The Hall–Kier alpha value is -2.87. The minimum Gasteiger partial charge on any atom is -0.497 e. The predicted molar refractivity (Wildman–Crippen MR) is 112 cm³/mol. The van der Waals surface area contributed by atoms with E-state index in [9.17, 15) is 0 Å². The minimum atomic E-state index is -0.415. The number of ether oxygens (including phenoxy) is 3. The van der Waals surface area contributed by atoms with E-state index in [0.717, 1.165) is 15.6 Å². The van der Waals surface area contributed by atoms with Crippen LogP contribution in [0.25, 0.3) is 0 Å². The summed E-state index contributed by atoms with van der Waals surface area (Å²) >= 11 is 3.40. The van der Waals surface area contributed by atoms with E-state index in [0.29, 0.717) is 35.8 Å². The van der Waals surface area contributed by atoms with E-state index < -0.39 is 5.82 Å². The van der Waals surface area contributed by atoms with Crippen molar-refractivity contribution in [2.24, 2.45) is 0 Å². The van der Waals surface area contributed by atoms with Crippen LogP contribution in [0.3, 0.4) is 0 Å². The van der Waals surface area contributed by atoms with Crippen molar-refractivity contribution >= 4 is 21.7 Å². The largest absolute Gasteiger partial charge is 0.497 e. The lowest BCUT2D eigenvalue weighted by Crippen LogP contribution is -2.07. The van der Waals surface area contributed by atoms with Gasteiger partial charge in [-0.15, -0.1) is 0 Å². The highest BCUT2D eigenvalue weighted by Gasteiger charge is 2.15. The average molecular weight is 462 g/mol. The molecule has 1 N–H and O–H groups in total. The summed E-state index contributed by atoms with van der Waals surface area (Å²) in [6, 6.07) is 7.12. The topological polar surface area (TPSA) is 65.5 Å². The van der Waals surface area contributed by atoms with Crippen LogP contribution in [0.5, 0.6) is 17.2 Å². The molecular weight excluding hydrogens is 441 g/mol. The van der Waals surface area contributed by atoms with Gasteiger partial charge in [-0.2, -0.15) is 0 Å². The smallest absolute Gasteiger partial charge is 0.168 e. The molecule has 0 radical (unpaired) electrons. The lowest BCUT2D eigenvalue weighted by molar-refractivity contribution is 0.391. The highest BCUT2D eigenvalue weighted by molar-refractivity contribution is 9.10. The first-order valence-corrected chi connectivity index (χ1v) is 9.61. The van der Waals surface area contributed by atoms with Crippen LogP contribution in [0.15, 0.2) is 47.3 Å². The molecule has 0 spiro atoms. The molecule has 3 aromatic rings. The van der Waals surface area contributed by atoms with Gasteiger partial charge < -0.3 is 19.5 Å². The van der Waals surface area contributed by atoms with Crippen molar-refractivity contribution in [1.82, 2.24) is 9.97 Å². The van der Waals surface area contributed by atoms with E-state index in [-0.39, 0.29) is 5.82 Å². The number of nitrogens with zero attached hydrogens (tertiary/aromatic N) is 2. The van der Waals surface area contributed by atoms with Crippen molar-refractivity contribution in [2.45, 2.75) is 13.0 Å². The van der Waals surface area contributed by atoms with Gasteiger partial charge in [-0.05, 0) is 39.7 Å². The molecule has 0 atom stereocenters. The van der Waals surface area contributed by atoms with Crippen molar-refractivity contribution in [1.29, 1.82) is 0 Å². The number of benzene rings is 1. The third-order valence-electron chi connectivity index (χ3n) is 4.42. The molecule has 6 nitrogen and oxygen atoms in total. The predicted octanol–water partition coefficient (Wildman–Crippen LogP) is 4.61. The number of rotatable bonds is 8. The number of nitrogens with one attached hydrogen (secondary N) is 1. The zero-order chi connectivity index (χ0) is 20.8. The fraction of sp³-hybridized carbons (Fsp3) is 0.238. The van der Waals surface area contributed by atoms with Gasteiger partial charge in [0.1, 0.15) is 17.2 Å². The molecule has 0 aliphatic carbocycles. The van der Waals surface area contributed by atoms with Gasteiger partial charge in [0.15, 0.2) is 11.6 Å². The molecule has 2 aromatic heterocycles. The number of hydrogen-bond donors (Lipinski definition) is 1. The average Bonchev–Trinajstić information content (AvgIpc) is 2.74. The number of halogens is 2. The summed E-state index contributed by atoms with van der Waals surface area (Å²) in [6.45, 7) is 0.350. The van der Waals surface area contributed by atoms with Crippen molar-refractivity contribution in [3.63, 3.8) is 0 Å². The van der Waals surface area contributed by atoms with Crippen LogP contribution < -0.4 is 19.5 Å². The SMILES string of the molecule is COc1ccc(CNc2nccc(Cc3cncc(Br)c3OC)c2F)c(OC)c1. The van der Waals surface area contributed by atoms with Crippen LogP contribution in [0.4, 0.5) is 10.2 Å². The van der Waals surface area contributed by atoms with Crippen LogP contribution in [-0.2, 0) is 13.0 Å². The summed E-state index contributed by atoms with van der Waals surface area (Å²) in [6.07, 6.45) is 5.20. The summed E-state index contributed by atoms with van der Waals surface area (Å²) in [4.78, 5) is 8.28. The molecule has 2 heterocycles. The molecule has 0 saturated carbocycles. The summed E-state index contributed by atoms with van der Waals surface area (Å²) in [7, 11) is 4.74. The highest BCUT2D eigenvalue weighted by Crippen LogP contribution is 2.31. The Morgan fingerprint density at radius 1 is 1.00 bits per heavy atom. The lowest BCUT2D eigenvalue weighted by atomic mass is 10.1. The van der Waals surface area contributed by atoms with Crippen LogP contribution in [0, 0.1) is 5.82 Å². The van der Waals surface area contributed by atoms with Gasteiger partial charge in [0, 0.05) is 48.7 Å². The molecule has 3 rings (SSSR count). The Kier molecular flexibility index (Phi) is 6.87. The minimum absolute atomic E-state index is 0.169. The molecule has 152 valence electrons. The number of methoxy groups -OCH3 is 3. The second-order valence-corrected chi connectivity index (χ2v) is 7.01. The molecule has 8 heteroatoms. The van der Waals surface area contributed by atoms with E-state index in [1.165, 1.54) is 0 Å². The molecule has 1 aromatic carbocycles. The fourth-order valence-electron chi connectivity index (χ4n) is 2.94. The molecule has 0 aliphatic rings. The quantitative estimate of drug-likeness (QED) is 0.528. The molecule has 0 fully saturated rings. The molecule has 0 unspecified atom stereocenters.